The Kier molecular flexibility index (Phi) is 10.1. The number of benzene rings is 2. The number of hydrogen-bond acceptors (Lipinski definition) is 7. The summed E-state index contributed by atoms with van der Waals surface area (Å²) in [6.07, 6.45) is -3.20. The van der Waals surface area contributed by atoms with Crippen LogP contribution in [0, 0.1) is 0 Å². The van der Waals surface area contributed by atoms with E-state index >= 15 is 0 Å². The first-order valence-electron chi connectivity index (χ1n) is 12.7. The summed E-state index contributed by atoms with van der Waals surface area (Å²) in [4.78, 5) is 14.4. The van der Waals surface area contributed by atoms with E-state index in [2.05, 4.69) is 24.4 Å². The van der Waals surface area contributed by atoms with Crippen LogP contribution in [0.1, 0.15) is 13.8 Å². The maximum absolute atomic E-state index is 13.0. The maximum Gasteiger partial charge on any atom is 0.573 e. The Morgan fingerprint density at radius 1 is 0.975 bits per heavy atom. The molecule has 12 heteroatoms. The summed E-state index contributed by atoms with van der Waals surface area (Å²) in [6, 6.07) is 11.0. The molecule has 0 aliphatic carbocycles. The summed E-state index contributed by atoms with van der Waals surface area (Å²) in [7, 11) is 0.343. The van der Waals surface area contributed by atoms with Crippen LogP contribution in [-0.2, 0) is 14.3 Å². The molecule has 40 heavy (non-hydrogen) atoms. The van der Waals surface area contributed by atoms with Gasteiger partial charge in [0.2, 0.25) is 0 Å². The number of carbonyl (C=O) groups excluding carboxylic acids is 1. The third-order valence-corrected chi connectivity index (χ3v) is 7.47. The van der Waals surface area contributed by atoms with Gasteiger partial charge in [0.1, 0.15) is 24.9 Å². The summed E-state index contributed by atoms with van der Waals surface area (Å²) in [5.74, 6) is 0.374. The highest BCUT2D eigenvalue weighted by atomic mass is 28.3. The molecular formula is C28H36F3NO7Si. The molecule has 0 saturated carbocycles. The monoisotopic (exact) mass is 583 g/mol. The zero-order chi connectivity index (χ0) is 29.6. The fourth-order valence-corrected chi connectivity index (χ4v) is 4.25. The number of nitrogens with zero attached hydrogens (tertiary/aromatic N) is 1. The highest BCUT2D eigenvalue weighted by molar-refractivity contribution is 6.76. The fourth-order valence-electron chi connectivity index (χ4n) is 3.50. The summed E-state index contributed by atoms with van der Waals surface area (Å²) in [5, 5.41) is 0. The van der Waals surface area contributed by atoms with Crippen molar-refractivity contribution in [3.63, 3.8) is 0 Å². The number of ether oxygens (including phenoxy) is 6. The lowest BCUT2D eigenvalue weighted by Gasteiger charge is -2.26. The largest absolute Gasteiger partial charge is 0.573 e. The Morgan fingerprint density at radius 2 is 1.65 bits per heavy atom. The van der Waals surface area contributed by atoms with Crippen LogP contribution >= 0.6 is 0 Å². The lowest BCUT2D eigenvalue weighted by molar-refractivity contribution is -0.274. The van der Waals surface area contributed by atoms with E-state index in [0.29, 0.717) is 23.8 Å². The Morgan fingerprint density at radius 3 is 2.27 bits per heavy atom. The van der Waals surface area contributed by atoms with Gasteiger partial charge in [-0.05, 0) is 62.4 Å². The predicted octanol–water partition coefficient (Wildman–Crippen LogP) is 6.39. The van der Waals surface area contributed by atoms with E-state index in [9.17, 15) is 18.0 Å². The zero-order valence-electron chi connectivity index (χ0n) is 23.6. The highest BCUT2D eigenvalue weighted by Gasteiger charge is 2.31. The minimum Gasteiger partial charge on any atom is -0.493 e. The normalized spacial score (nSPS) is 14.3. The molecule has 0 atom stereocenters. The van der Waals surface area contributed by atoms with Gasteiger partial charge in [0, 0.05) is 33.0 Å². The highest BCUT2D eigenvalue weighted by Crippen LogP contribution is 2.34. The Labute approximate surface area is 233 Å². The van der Waals surface area contributed by atoms with Crippen LogP contribution in [-0.4, -0.2) is 59.6 Å². The van der Waals surface area contributed by atoms with E-state index in [4.69, 9.17) is 23.7 Å². The second-order valence-electron chi connectivity index (χ2n) is 11.0. The molecule has 1 aliphatic rings. The predicted molar refractivity (Wildman–Crippen MR) is 147 cm³/mol. The summed E-state index contributed by atoms with van der Waals surface area (Å²) < 4.78 is 69.5. The molecular weight excluding hydrogens is 547 g/mol. The van der Waals surface area contributed by atoms with Crippen molar-refractivity contribution in [1.82, 2.24) is 0 Å². The van der Waals surface area contributed by atoms with E-state index in [0.717, 1.165) is 18.2 Å². The van der Waals surface area contributed by atoms with Crippen LogP contribution in [0.5, 0.6) is 23.0 Å². The van der Waals surface area contributed by atoms with Crippen LogP contribution in [0.25, 0.3) is 0 Å². The lowest BCUT2D eigenvalue weighted by Crippen LogP contribution is -2.33. The van der Waals surface area contributed by atoms with E-state index in [1.54, 1.807) is 24.3 Å². The van der Waals surface area contributed by atoms with Crippen molar-refractivity contribution in [3.8, 4) is 23.0 Å². The molecule has 1 aliphatic heterocycles. The van der Waals surface area contributed by atoms with Crippen LogP contribution in [0.15, 0.2) is 54.3 Å². The van der Waals surface area contributed by atoms with Crippen LogP contribution in [0.2, 0.25) is 25.7 Å². The molecule has 2 aromatic rings. The first kappa shape index (κ1) is 31.3. The molecule has 2 aromatic carbocycles. The molecule has 8 nitrogen and oxygen atoms in total. The Hall–Kier alpha value is -3.22. The van der Waals surface area contributed by atoms with Gasteiger partial charge < -0.3 is 33.3 Å². The second-order valence-corrected chi connectivity index (χ2v) is 16.6. The number of anilines is 1. The third kappa shape index (κ3) is 9.75. The van der Waals surface area contributed by atoms with Crippen molar-refractivity contribution in [2.45, 2.75) is 51.5 Å². The van der Waals surface area contributed by atoms with Crippen molar-refractivity contribution in [2.24, 2.45) is 0 Å². The molecule has 0 aromatic heterocycles. The number of alkyl halides is 3. The number of hydrogen-bond donors (Lipinski definition) is 0. The third-order valence-electron chi connectivity index (χ3n) is 5.76. The number of amides is 1. The van der Waals surface area contributed by atoms with E-state index in [-0.39, 0.29) is 37.2 Å². The molecule has 0 bridgehead atoms. The fraction of sp³-hybridized carbons (Fsp3) is 0.464. The number of halogens is 3. The smallest absolute Gasteiger partial charge is 0.493 e. The van der Waals surface area contributed by atoms with Gasteiger partial charge in [-0.25, -0.2) is 0 Å². The van der Waals surface area contributed by atoms with Gasteiger partial charge in [-0.1, -0.05) is 19.6 Å². The van der Waals surface area contributed by atoms with E-state index < -0.39 is 25.9 Å². The first-order valence-corrected chi connectivity index (χ1v) is 16.4. The van der Waals surface area contributed by atoms with Gasteiger partial charge in [0.25, 0.3) is 5.91 Å². The quantitative estimate of drug-likeness (QED) is 0.145. The second kappa shape index (κ2) is 13.0. The standard InChI is InChI=1S/C28H36F3NO7Si/c1-27(2,37-19-35-15-16-40(4,5)6)18-36-23-12-7-20(17-25(23)34-3)32-14-13-24(26(32)33)38-21-8-10-22(11-9-21)39-28(29,30)31/h7-13,17H,14-16,18-19H2,1-6H3. The van der Waals surface area contributed by atoms with Crippen LogP contribution in [0.3, 0.4) is 0 Å². The van der Waals surface area contributed by atoms with Crippen molar-refractivity contribution in [1.29, 1.82) is 0 Å². The van der Waals surface area contributed by atoms with Gasteiger partial charge in [-0.2, -0.15) is 0 Å². The summed E-state index contributed by atoms with van der Waals surface area (Å²) in [5.41, 5.74) is -0.0506. The summed E-state index contributed by atoms with van der Waals surface area (Å²) >= 11 is 0. The molecule has 220 valence electrons. The first-order chi connectivity index (χ1) is 18.7. The van der Waals surface area contributed by atoms with Gasteiger partial charge in [0.05, 0.1) is 12.7 Å². The average Bonchev–Trinajstić information content (AvgIpc) is 3.21. The molecule has 0 spiro atoms. The van der Waals surface area contributed by atoms with Crippen molar-refractivity contribution < 1.29 is 46.4 Å². The Balaban J connectivity index is 1.54. The minimum atomic E-state index is -4.79. The minimum absolute atomic E-state index is 0.0507. The van der Waals surface area contributed by atoms with E-state index in [1.807, 2.05) is 13.8 Å². The van der Waals surface area contributed by atoms with Gasteiger partial charge >= 0.3 is 6.36 Å². The Bertz CT molecular complexity index is 1180. The molecule has 3 rings (SSSR count). The number of methoxy groups -OCH3 is 1. The molecule has 1 heterocycles. The SMILES string of the molecule is COc1cc(N2CC=C(Oc3ccc(OC(F)(F)F)cc3)C2=O)ccc1OCC(C)(C)OCOCC[Si](C)(C)C. The lowest BCUT2D eigenvalue weighted by atomic mass is 10.1. The van der Waals surface area contributed by atoms with Gasteiger partial charge in [-0.15, -0.1) is 13.2 Å². The van der Waals surface area contributed by atoms with Gasteiger partial charge in [0.15, 0.2) is 17.3 Å². The zero-order valence-corrected chi connectivity index (χ0v) is 24.6. The van der Waals surface area contributed by atoms with Crippen LogP contribution in [0.4, 0.5) is 18.9 Å². The van der Waals surface area contributed by atoms with Gasteiger partial charge in [-0.3, -0.25) is 4.79 Å². The molecule has 0 N–H and O–H groups in total. The van der Waals surface area contributed by atoms with Crippen molar-refractivity contribution >= 4 is 19.7 Å². The molecule has 0 saturated heterocycles. The number of carbonyl (C=O) groups is 1. The van der Waals surface area contributed by atoms with Crippen LogP contribution < -0.4 is 23.8 Å². The topological polar surface area (TPSA) is 75.7 Å². The van der Waals surface area contributed by atoms with Crippen molar-refractivity contribution in [2.75, 3.05) is 38.6 Å². The maximum atomic E-state index is 13.0. The van der Waals surface area contributed by atoms with Crippen molar-refractivity contribution in [3.05, 3.63) is 54.3 Å². The average molecular weight is 584 g/mol. The summed E-state index contributed by atoms with van der Waals surface area (Å²) in [6.45, 7) is 12.0. The molecule has 0 fully saturated rings. The molecule has 0 unspecified atom stereocenters. The molecule has 1 amide bonds. The number of rotatable bonds is 14. The molecule has 0 radical (unpaired) electrons. The van der Waals surface area contributed by atoms with E-state index in [1.165, 1.54) is 24.1 Å².